The van der Waals surface area contributed by atoms with Gasteiger partial charge in [-0.2, -0.15) is 9.61 Å². The zero-order valence-corrected chi connectivity index (χ0v) is 31.5. The Morgan fingerprint density at radius 1 is 0.875 bits per heavy atom. The number of carbonyl (C=O) groups excluding carboxylic acids is 2. The van der Waals surface area contributed by atoms with Crippen LogP contribution >= 0.6 is 0 Å². The topological polar surface area (TPSA) is 115 Å². The molecule has 1 unspecified atom stereocenters. The van der Waals surface area contributed by atoms with Gasteiger partial charge in [0.15, 0.2) is 11.9 Å². The number of hydrogen-bond donors (Lipinski definition) is 0. The van der Waals surface area contributed by atoms with Crippen molar-refractivity contribution in [2.75, 3.05) is 36.4 Å². The molecule has 12 heteroatoms. The number of aromatic nitrogens is 3. The van der Waals surface area contributed by atoms with Gasteiger partial charge >= 0.3 is 6.09 Å². The number of anilines is 3. The summed E-state index contributed by atoms with van der Waals surface area (Å²) in [5.41, 5.74) is 4.56. The Kier molecular flexibility index (Phi) is 10.9. The molecule has 0 spiro atoms. The SMILES string of the molecule is CC(C)COC(=O)N(CCOC1CCCCO1)Cc1ccc(C(=O)N(c2ccccc2)N(c2cccc3c2oc2ccccc23)c2nccc3ccnn23)cc1. The number of nitrogens with zero attached hydrogens (tertiary/aromatic N) is 6. The van der Waals surface area contributed by atoms with Crippen LogP contribution < -0.4 is 10.0 Å². The second kappa shape index (κ2) is 16.6. The third-order valence-electron chi connectivity index (χ3n) is 9.67. The fourth-order valence-corrected chi connectivity index (χ4v) is 6.88. The highest BCUT2D eigenvalue weighted by molar-refractivity contribution is 6.13. The minimum Gasteiger partial charge on any atom is -0.454 e. The minimum absolute atomic E-state index is 0.194. The molecule has 0 saturated carbocycles. The highest BCUT2D eigenvalue weighted by atomic mass is 16.7. The lowest BCUT2D eigenvalue weighted by molar-refractivity contribution is -0.163. The van der Waals surface area contributed by atoms with Gasteiger partial charge in [0.05, 0.1) is 30.6 Å². The van der Waals surface area contributed by atoms with Gasteiger partial charge in [-0.3, -0.25) is 4.79 Å². The van der Waals surface area contributed by atoms with Crippen LogP contribution in [0.25, 0.3) is 27.5 Å². The number of hydrogen-bond acceptors (Lipinski definition) is 9. The molecule has 2 amide bonds. The molecule has 8 rings (SSSR count). The van der Waals surface area contributed by atoms with E-state index >= 15 is 4.79 Å². The Morgan fingerprint density at radius 3 is 2.46 bits per heavy atom. The van der Waals surface area contributed by atoms with Crippen LogP contribution in [0.3, 0.4) is 0 Å². The Balaban J connectivity index is 1.15. The maximum atomic E-state index is 15.1. The molecule has 1 saturated heterocycles. The number of rotatable bonds is 13. The van der Waals surface area contributed by atoms with Crippen LogP contribution in [0.4, 0.5) is 22.1 Å². The Labute approximate surface area is 324 Å². The van der Waals surface area contributed by atoms with Crippen LogP contribution in [0.2, 0.25) is 0 Å². The first-order valence-corrected chi connectivity index (χ1v) is 19.1. The summed E-state index contributed by atoms with van der Waals surface area (Å²) in [7, 11) is 0. The van der Waals surface area contributed by atoms with Crippen LogP contribution in [0.5, 0.6) is 0 Å². The quantitative estimate of drug-likeness (QED) is 0.106. The van der Waals surface area contributed by atoms with Crippen molar-refractivity contribution >= 4 is 56.8 Å². The molecule has 1 fully saturated rings. The molecule has 12 nitrogen and oxygen atoms in total. The summed E-state index contributed by atoms with van der Waals surface area (Å²) in [6.45, 7) is 5.90. The Morgan fingerprint density at radius 2 is 1.66 bits per heavy atom. The van der Waals surface area contributed by atoms with E-state index in [0.717, 1.165) is 46.7 Å². The summed E-state index contributed by atoms with van der Waals surface area (Å²) < 4.78 is 25.5. The lowest BCUT2D eigenvalue weighted by Gasteiger charge is -2.35. The molecule has 1 aliphatic heterocycles. The predicted octanol–water partition coefficient (Wildman–Crippen LogP) is 9.17. The van der Waals surface area contributed by atoms with Crippen molar-refractivity contribution < 1.29 is 28.2 Å². The Hall–Kier alpha value is -6.24. The number of amides is 2. The number of ether oxygens (including phenoxy) is 3. The van der Waals surface area contributed by atoms with Gasteiger partial charge in [0, 0.05) is 42.2 Å². The highest BCUT2D eigenvalue weighted by Crippen LogP contribution is 2.40. The van der Waals surface area contributed by atoms with Crippen molar-refractivity contribution in [2.24, 2.45) is 5.92 Å². The number of furan rings is 1. The van der Waals surface area contributed by atoms with Gasteiger partial charge in [-0.15, -0.1) is 0 Å². The van der Waals surface area contributed by atoms with Crippen LogP contribution in [0.1, 0.15) is 49.0 Å². The zero-order chi connectivity index (χ0) is 38.4. The van der Waals surface area contributed by atoms with E-state index in [1.165, 1.54) is 0 Å². The van der Waals surface area contributed by atoms with Crippen LogP contribution in [-0.2, 0) is 20.8 Å². The summed E-state index contributed by atoms with van der Waals surface area (Å²) in [5.74, 6) is 0.251. The summed E-state index contributed by atoms with van der Waals surface area (Å²) in [5, 5.41) is 9.82. The van der Waals surface area contributed by atoms with E-state index in [-0.39, 0.29) is 24.7 Å². The van der Waals surface area contributed by atoms with Crippen LogP contribution in [0, 0.1) is 5.92 Å². The van der Waals surface area contributed by atoms with E-state index in [4.69, 9.17) is 23.6 Å². The average molecular weight is 753 g/mol. The van der Waals surface area contributed by atoms with Gasteiger partial charge in [-0.05, 0) is 79.3 Å². The van der Waals surface area contributed by atoms with Crippen molar-refractivity contribution in [2.45, 2.75) is 45.9 Å². The van der Waals surface area contributed by atoms with Crippen molar-refractivity contribution in [3.63, 3.8) is 0 Å². The van der Waals surface area contributed by atoms with Crippen molar-refractivity contribution in [1.82, 2.24) is 19.5 Å². The van der Waals surface area contributed by atoms with Crippen molar-refractivity contribution in [3.05, 3.63) is 133 Å². The van der Waals surface area contributed by atoms with Gasteiger partial charge in [0.2, 0.25) is 0 Å². The maximum Gasteiger partial charge on any atom is 0.410 e. The second-order valence-electron chi connectivity index (χ2n) is 14.2. The first-order chi connectivity index (χ1) is 27.4. The molecule has 4 heterocycles. The van der Waals surface area contributed by atoms with Crippen LogP contribution in [-0.4, -0.2) is 64.2 Å². The molecular weight excluding hydrogens is 709 g/mol. The van der Waals surface area contributed by atoms with Crippen molar-refractivity contribution in [1.29, 1.82) is 0 Å². The Bertz CT molecular complexity index is 2420. The third kappa shape index (κ3) is 7.79. The average Bonchev–Trinajstić information content (AvgIpc) is 3.88. The van der Waals surface area contributed by atoms with Gasteiger partial charge in [-0.25, -0.2) is 19.8 Å². The minimum atomic E-state index is -0.419. The molecule has 3 aromatic heterocycles. The molecule has 0 N–H and O–H groups in total. The van der Waals surface area contributed by atoms with E-state index in [2.05, 4.69) is 5.10 Å². The lowest BCUT2D eigenvalue weighted by Crippen LogP contribution is -2.45. The number of benzene rings is 4. The number of hydrazine groups is 1. The molecule has 0 radical (unpaired) electrons. The second-order valence-corrected chi connectivity index (χ2v) is 14.2. The molecule has 0 aliphatic carbocycles. The maximum absolute atomic E-state index is 15.1. The summed E-state index contributed by atoms with van der Waals surface area (Å²) in [6, 6.07) is 34.2. The molecule has 7 aromatic rings. The van der Waals surface area contributed by atoms with Gasteiger partial charge in [0.1, 0.15) is 11.3 Å². The molecule has 4 aromatic carbocycles. The fraction of sp³-hybridized carbons (Fsp3) is 0.273. The first kappa shape index (κ1) is 36.7. The molecule has 1 atom stereocenters. The molecular formula is C44H44N6O6. The summed E-state index contributed by atoms with van der Waals surface area (Å²) >= 11 is 0. The van der Waals surface area contributed by atoms with E-state index in [1.807, 2.05) is 111 Å². The van der Waals surface area contributed by atoms with Gasteiger partial charge in [-0.1, -0.05) is 74.5 Å². The smallest absolute Gasteiger partial charge is 0.410 e. The first-order valence-electron chi connectivity index (χ1n) is 19.1. The van der Waals surface area contributed by atoms with Crippen LogP contribution in [0.15, 0.2) is 126 Å². The van der Waals surface area contributed by atoms with Crippen molar-refractivity contribution in [3.8, 4) is 0 Å². The summed E-state index contributed by atoms with van der Waals surface area (Å²) in [6.07, 6.45) is 5.65. The largest absolute Gasteiger partial charge is 0.454 e. The molecule has 56 heavy (non-hydrogen) atoms. The standard InChI is InChI=1S/C44H44N6O6/c1-31(2)30-55-44(52)47(26-28-54-40-17-8-9-27-53-40)29-32-18-20-33(21-19-32)42(51)49(35-11-4-3-5-12-35)50(43-45-24-22-34-23-25-46-48(34)43)38-15-10-14-37-36-13-6-7-16-39(36)56-41(37)38/h3-7,10-16,18-25,31,40H,8-9,17,26-30H2,1-2H3. The molecule has 0 bridgehead atoms. The monoisotopic (exact) mass is 752 g/mol. The zero-order valence-electron chi connectivity index (χ0n) is 31.5. The predicted molar refractivity (Wildman–Crippen MR) is 215 cm³/mol. The third-order valence-corrected chi connectivity index (χ3v) is 9.67. The summed E-state index contributed by atoms with van der Waals surface area (Å²) in [4.78, 5) is 34.8. The number of fused-ring (bicyclic) bond motifs is 4. The highest BCUT2D eigenvalue weighted by Gasteiger charge is 2.32. The molecule has 1 aliphatic rings. The van der Waals surface area contributed by atoms with E-state index < -0.39 is 6.09 Å². The van der Waals surface area contributed by atoms with Gasteiger partial charge < -0.3 is 23.5 Å². The normalized spacial score (nSPS) is 14.4. The lowest BCUT2D eigenvalue weighted by atomic mass is 10.1. The van der Waals surface area contributed by atoms with Gasteiger partial charge in [0.25, 0.3) is 11.9 Å². The van der Waals surface area contributed by atoms with E-state index in [0.29, 0.717) is 54.8 Å². The van der Waals surface area contributed by atoms with E-state index in [9.17, 15) is 4.79 Å². The number of carbonyl (C=O) groups is 2. The van der Waals surface area contributed by atoms with E-state index in [1.54, 1.807) is 44.0 Å². The molecule has 286 valence electrons. The number of para-hydroxylation sites is 3. The fourth-order valence-electron chi connectivity index (χ4n) is 6.88.